The van der Waals surface area contributed by atoms with Crippen LogP contribution >= 0.6 is 0 Å². The fraction of sp³-hybridized carbons (Fsp3) is 0.409. The van der Waals surface area contributed by atoms with E-state index in [-0.39, 0.29) is 5.91 Å². The topological polar surface area (TPSA) is 44.8 Å². The average Bonchev–Trinajstić information content (AvgIpc) is 2.73. The van der Waals surface area contributed by atoms with Crippen LogP contribution in [0.25, 0.3) is 0 Å². The summed E-state index contributed by atoms with van der Waals surface area (Å²) >= 11 is 0. The Bertz CT molecular complexity index is 713. The molecule has 0 saturated carbocycles. The predicted molar refractivity (Wildman–Crippen MR) is 108 cm³/mol. The summed E-state index contributed by atoms with van der Waals surface area (Å²) in [7, 11) is 1.59. The zero-order valence-corrected chi connectivity index (χ0v) is 16.1. The second-order valence-corrected chi connectivity index (χ2v) is 6.91. The minimum absolute atomic E-state index is 0.0693. The van der Waals surface area contributed by atoms with Gasteiger partial charge in [0.1, 0.15) is 5.75 Å². The predicted octanol–water partition coefficient (Wildman–Crippen LogP) is 2.63. The second-order valence-electron chi connectivity index (χ2n) is 6.91. The van der Waals surface area contributed by atoms with Crippen LogP contribution < -0.4 is 10.1 Å². The molecule has 1 amide bonds. The van der Waals surface area contributed by atoms with E-state index in [0.29, 0.717) is 17.9 Å². The van der Waals surface area contributed by atoms with Crippen LogP contribution in [0.15, 0.2) is 54.6 Å². The van der Waals surface area contributed by atoms with Crippen molar-refractivity contribution in [2.24, 2.45) is 0 Å². The van der Waals surface area contributed by atoms with E-state index in [9.17, 15) is 4.79 Å². The molecule has 0 atom stereocenters. The van der Waals surface area contributed by atoms with E-state index in [4.69, 9.17) is 4.74 Å². The lowest BCUT2D eigenvalue weighted by Gasteiger charge is -2.34. The number of carbonyl (C=O) groups excluding carboxylic acids is 1. The lowest BCUT2D eigenvalue weighted by molar-refractivity contribution is 0.0944. The number of methoxy groups -OCH3 is 1. The maximum atomic E-state index is 12.3. The van der Waals surface area contributed by atoms with Crippen LogP contribution in [0.3, 0.4) is 0 Å². The molecule has 0 aromatic heterocycles. The van der Waals surface area contributed by atoms with Gasteiger partial charge in [-0.2, -0.15) is 0 Å². The van der Waals surface area contributed by atoms with Crippen LogP contribution in [-0.2, 0) is 6.54 Å². The van der Waals surface area contributed by atoms with Gasteiger partial charge in [-0.05, 0) is 30.7 Å². The van der Waals surface area contributed by atoms with Crippen molar-refractivity contribution in [1.82, 2.24) is 15.1 Å². The molecule has 1 heterocycles. The van der Waals surface area contributed by atoms with Gasteiger partial charge in [-0.25, -0.2) is 0 Å². The van der Waals surface area contributed by atoms with Crippen LogP contribution in [0.2, 0.25) is 0 Å². The van der Waals surface area contributed by atoms with Crippen molar-refractivity contribution >= 4 is 5.91 Å². The minimum atomic E-state index is -0.0693. The molecular weight excluding hydrogens is 338 g/mol. The number of benzene rings is 2. The van der Waals surface area contributed by atoms with E-state index >= 15 is 0 Å². The van der Waals surface area contributed by atoms with Gasteiger partial charge in [0, 0.05) is 39.3 Å². The van der Waals surface area contributed by atoms with Gasteiger partial charge in [0.2, 0.25) is 0 Å². The van der Waals surface area contributed by atoms with Gasteiger partial charge >= 0.3 is 0 Å². The highest BCUT2D eigenvalue weighted by Crippen LogP contribution is 2.16. The molecule has 1 saturated heterocycles. The van der Waals surface area contributed by atoms with Crippen LogP contribution in [-0.4, -0.2) is 62.1 Å². The maximum absolute atomic E-state index is 12.3. The first-order valence-corrected chi connectivity index (χ1v) is 9.66. The summed E-state index contributed by atoms with van der Waals surface area (Å²) in [6.07, 6.45) is 0.958. The number of ether oxygens (including phenoxy) is 1. The van der Waals surface area contributed by atoms with E-state index < -0.39 is 0 Å². The Morgan fingerprint density at radius 1 is 0.963 bits per heavy atom. The maximum Gasteiger partial charge on any atom is 0.255 e. The zero-order valence-electron chi connectivity index (χ0n) is 16.1. The zero-order chi connectivity index (χ0) is 18.9. The Labute approximate surface area is 161 Å². The van der Waals surface area contributed by atoms with Gasteiger partial charge in [0.15, 0.2) is 0 Å². The first-order chi connectivity index (χ1) is 13.3. The molecule has 0 unspecified atom stereocenters. The molecule has 0 aliphatic carbocycles. The third-order valence-corrected chi connectivity index (χ3v) is 5.00. The standard InChI is InChI=1S/C22H29N3O2/c1-27-21-11-6-5-10-20(21)22(26)23-12-7-13-24-14-16-25(17-15-24)18-19-8-3-2-4-9-19/h2-6,8-11H,7,12-18H2,1H3,(H,23,26). The number of piperazine rings is 1. The van der Waals surface area contributed by atoms with Crippen molar-refractivity contribution in [3.8, 4) is 5.75 Å². The summed E-state index contributed by atoms with van der Waals surface area (Å²) in [4.78, 5) is 17.3. The number of hydrogen-bond acceptors (Lipinski definition) is 4. The van der Waals surface area contributed by atoms with Gasteiger partial charge in [-0.3, -0.25) is 9.69 Å². The molecule has 1 N–H and O–H groups in total. The number of hydrogen-bond donors (Lipinski definition) is 1. The summed E-state index contributed by atoms with van der Waals surface area (Å²) in [5.41, 5.74) is 1.97. The molecule has 3 rings (SSSR count). The molecule has 2 aromatic rings. The van der Waals surface area contributed by atoms with Crippen LogP contribution in [0.1, 0.15) is 22.3 Å². The average molecular weight is 367 g/mol. The van der Waals surface area contributed by atoms with Gasteiger partial charge in [0.05, 0.1) is 12.7 Å². The first-order valence-electron chi connectivity index (χ1n) is 9.66. The smallest absolute Gasteiger partial charge is 0.255 e. The Morgan fingerprint density at radius 3 is 2.37 bits per heavy atom. The number of para-hydroxylation sites is 1. The Morgan fingerprint density at radius 2 is 1.63 bits per heavy atom. The van der Waals surface area contributed by atoms with Gasteiger partial charge in [0.25, 0.3) is 5.91 Å². The van der Waals surface area contributed by atoms with Gasteiger partial charge in [-0.15, -0.1) is 0 Å². The molecule has 1 aliphatic heterocycles. The van der Waals surface area contributed by atoms with E-state index in [0.717, 1.165) is 45.7 Å². The highest BCUT2D eigenvalue weighted by molar-refractivity contribution is 5.96. The molecule has 5 nitrogen and oxygen atoms in total. The molecule has 0 bridgehead atoms. The number of rotatable bonds is 8. The summed E-state index contributed by atoms with van der Waals surface area (Å²) < 4.78 is 5.25. The van der Waals surface area contributed by atoms with Crippen molar-refractivity contribution in [2.75, 3.05) is 46.4 Å². The number of amides is 1. The third kappa shape index (κ3) is 5.81. The van der Waals surface area contributed by atoms with Crippen LogP contribution in [0.4, 0.5) is 0 Å². The molecule has 5 heteroatoms. The van der Waals surface area contributed by atoms with Crippen molar-refractivity contribution < 1.29 is 9.53 Å². The molecule has 1 aliphatic rings. The Balaban J connectivity index is 1.33. The van der Waals surface area contributed by atoms with Crippen LogP contribution in [0, 0.1) is 0 Å². The summed E-state index contributed by atoms with van der Waals surface area (Å²) in [5.74, 6) is 0.546. The van der Waals surface area contributed by atoms with Gasteiger partial charge < -0.3 is 15.0 Å². The largest absolute Gasteiger partial charge is 0.496 e. The van der Waals surface area contributed by atoms with Crippen molar-refractivity contribution in [1.29, 1.82) is 0 Å². The lowest BCUT2D eigenvalue weighted by Crippen LogP contribution is -2.46. The van der Waals surface area contributed by atoms with Crippen molar-refractivity contribution in [3.63, 3.8) is 0 Å². The minimum Gasteiger partial charge on any atom is -0.496 e. The summed E-state index contributed by atoms with van der Waals surface area (Å²) in [5, 5.41) is 3.00. The molecule has 27 heavy (non-hydrogen) atoms. The fourth-order valence-corrected chi connectivity index (χ4v) is 3.44. The molecule has 144 valence electrons. The Hall–Kier alpha value is -2.37. The number of carbonyl (C=O) groups is 1. The SMILES string of the molecule is COc1ccccc1C(=O)NCCCN1CCN(Cc2ccccc2)CC1. The van der Waals surface area contributed by atoms with E-state index in [1.807, 2.05) is 18.2 Å². The third-order valence-electron chi connectivity index (χ3n) is 5.00. The Kier molecular flexibility index (Phi) is 7.25. The molecular formula is C22H29N3O2. The summed E-state index contributed by atoms with van der Waals surface area (Å²) in [6.45, 7) is 7.11. The highest BCUT2D eigenvalue weighted by Gasteiger charge is 2.17. The van der Waals surface area contributed by atoms with E-state index in [1.54, 1.807) is 13.2 Å². The summed E-state index contributed by atoms with van der Waals surface area (Å²) in [6, 6.07) is 18.0. The van der Waals surface area contributed by atoms with Crippen molar-refractivity contribution in [3.05, 3.63) is 65.7 Å². The normalized spacial score (nSPS) is 15.4. The highest BCUT2D eigenvalue weighted by atomic mass is 16.5. The molecule has 0 spiro atoms. The molecule has 2 aromatic carbocycles. The lowest BCUT2D eigenvalue weighted by atomic mass is 10.2. The number of nitrogens with zero attached hydrogens (tertiary/aromatic N) is 2. The molecule has 0 radical (unpaired) electrons. The van der Waals surface area contributed by atoms with Crippen molar-refractivity contribution in [2.45, 2.75) is 13.0 Å². The van der Waals surface area contributed by atoms with E-state index in [2.05, 4.69) is 45.4 Å². The quantitative estimate of drug-likeness (QED) is 0.729. The van der Waals surface area contributed by atoms with Crippen LogP contribution in [0.5, 0.6) is 5.75 Å². The second kappa shape index (κ2) is 10.1. The fourth-order valence-electron chi connectivity index (χ4n) is 3.44. The first kappa shape index (κ1) is 19.4. The van der Waals surface area contributed by atoms with Gasteiger partial charge in [-0.1, -0.05) is 42.5 Å². The van der Waals surface area contributed by atoms with E-state index in [1.165, 1.54) is 5.56 Å². The number of nitrogens with one attached hydrogen (secondary N) is 1. The molecule has 1 fully saturated rings. The monoisotopic (exact) mass is 367 g/mol.